The third-order valence-corrected chi connectivity index (χ3v) is 5.95. The molecule has 1 saturated carbocycles. The number of carbonyl (C=O) groups excluding carboxylic acids is 4. The fraction of sp³-hybridized carbons (Fsp3) is 0.500. The maximum Gasteiger partial charge on any atom is 0.255 e. The van der Waals surface area contributed by atoms with E-state index in [9.17, 15) is 24.3 Å². The summed E-state index contributed by atoms with van der Waals surface area (Å²) in [6.45, 7) is 0.177. The molecule has 8 heteroatoms. The summed E-state index contributed by atoms with van der Waals surface area (Å²) in [5, 5.41) is 15.4. The minimum absolute atomic E-state index is 0.0293. The molecule has 1 unspecified atom stereocenters. The van der Waals surface area contributed by atoms with Crippen LogP contribution in [-0.4, -0.2) is 45.8 Å². The summed E-state index contributed by atoms with van der Waals surface area (Å²) < 4.78 is 0. The van der Waals surface area contributed by atoms with Crippen LogP contribution in [0.25, 0.3) is 0 Å². The number of hydrogen-bond acceptors (Lipinski definition) is 5. The highest BCUT2D eigenvalue weighted by Crippen LogP contribution is 2.33. The zero-order chi connectivity index (χ0) is 19.8. The number of nitrogens with zero attached hydrogens (tertiary/aromatic N) is 1. The quantitative estimate of drug-likeness (QED) is 0.667. The van der Waals surface area contributed by atoms with E-state index in [2.05, 4.69) is 10.6 Å². The lowest BCUT2D eigenvalue weighted by molar-refractivity contribution is -0.137. The molecule has 0 spiro atoms. The number of aliphatic hydroxyl groups is 1. The summed E-state index contributed by atoms with van der Waals surface area (Å²) in [5.74, 6) is -1.60. The van der Waals surface area contributed by atoms with Crippen molar-refractivity contribution in [2.24, 2.45) is 5.92 Å². The van der Waals surface area contributed by atoms with Crippen molar-refractivity contribution in [2.45, 2.75) is 57.2 Å². The van der Waals surface area contributed by atoms with Crippen LogP contribution in [0.15, 0.2) is 18.2 Å². The molecule has 4 amide bonds. The number of aliphatic hydroxyl groups excluding tert-OH is 1. The lowest BCUT2D eigenvalue weighted by atomic mass is 10.00. The van der Waals surface area contributed by atoms with Crippen LogP contribution in [0.3, 0.4) is 0 Å². The van der Waals surface area contributed by atoms with E-state index in [1.807, 2.05) is 0 Å². The van der Waals surface area contributed by atoms with Gasteiger partial charge in [-0.05, 0) is 37.3 Å². The molecule has 4 rings (SSSR count). The Morgan fingerprint density at radius 3 is 2.64 bits per heavy atom. The largest absolute Gasteiger partial charge is 0.383 e. The summed E-state index contributed by atoms with van der Waals surface area (Å²) in [7, 11) is 0. The highest BCUT2D eigenvalue weighted by atomic mass is 16.3. The second kappa shape index (κ2) is 7.35. The first-order valence-corrected chi connectivity index (χ1v) is 9.71. The van der Waals surface area contributed by atoms with Crippen molar-refractivity contribution in [1.82, 2.24) is 10.2 Å². The van der Waals surface area contributed by atoms with Crippen LogP contribution in [0.5, 0.6) is 0 Å². The van der Waals surface area contributed by atoms with Crippen LogP contribution < -0.4 is 10.6 Å². The Bertz CT molecular complexity index is 846. The predicted molar refractivity (Wildman–Crippen MR) is 99.1 cm³/mol. The van der Waals surface area contributed by atoms with Gasteiger partial charge in [-0.2, -0.15) is 0 Å². The smallest absolute Gasteiger partial charge is 0.255 e. The van der Waals surface area contributed by atoms with Crippen molar-refractivity contribution < 1.29 is 24.3 Å². The predicted octanol–water partition coefficient (Wildman–Crippen LogP) is 0.937. The van der Waals surface area contributed by atoms with E-state index in [0.717, 1.165) is 25.7 Å². The van der Waals surface area contributed by atoms with Gasteiger partial charge in [-0.3, -0.25) is 24.5 Å². The molecule has 148 valence electrons. The molecular formula is C20H23N3O5. The average Bonchev–Trinajstić information content (AvgIpc) is 3.31. The molecule has 0 radical (unpaired) electrons. The molecule has 2 fully saturated rings. The van der Waals surface area contributed by atoms with Gasteiger partial charge in [-0.25, -0.2) is 0 Å². The molecule has 8 nitrogen and oxygen atoms in total. The van der Waals surface area contributed by atoms with Crippen LogP contribution >= 0.6 is 0 Å². The van der Waals surface area contributed by atoms with E-state index in [0.29, 0.717) is 16.8 Å². The molecular weight excluding hydrogens is 362 g/mol. The third-order valence-electron chi connectivity index (χ3n) is 5.95. The maximum atomic E-state index is 12.8. The Kier molecular flexibility index (Phi) is 4.89. The fourth-order valence-corrected chi connectivity index (χ4v) is 4.40. The molecule has 1 saturated heterocycles. The molecule has 2 atom stereocenters. The Morgan fingerprint density at radius 2 is 1.93 bits per heavy atom. The van der Waals surface area contributed by atoms with Gasteiger partial charge >= 0.3 is 0 Å². The van der Waals surface area contributed by atoms with Crippen molar-refractivity contribution >= 4 is 29.3 Å². The second-order valence-electron chi connectivity index (χ2n) is 7.71. The molecule has 2 aliphatic heterocycles. The van der Waals surface area contributed by atoms with Gasteiger partial charge in [0.2, 0.25) is 11.8 Å². The highest BCUT2D eigenvalue weighted by molar-refractivity contribution is 6.07. The number of piperidine rings is 1. The molecule has 1 aromatic carbocycles. The highest BCUT2D eigenvalue weighted by Gasteiger charge is 2.40. The third kappa shape index (κ3) is 3.28. The number of amides is 4. The Balaban J connectivity index is 1.52. The minimum Gasteiger partial charge on any atom is -0.383 e. The second-order valence-corrected chi connectivity index (χ2v) is 7.71. The van der Waals surface area contributed by atoms with Crippen LogP contribution in [-0.2, 0) is 20.9 Å². The minimum atomic E-state index is -1.07. The number of benzene rings is 1. The molecule has 0 aromatic heterocycles. The first kappa shape index (κ1) is 18.6. The van der Waals surface area contributed by atoms with E-state index in [4.69, 9.17) is 0 Å². The van der Waals surface area contributed by atoms with E-state index in [1.54, 1.807) is 18.2 Å². The molecule has 3 aliphatic rings. The Labute approximate surface area is 162 Å². The lowest BCUT2D eigenvalue weighted by Gasteiger charge is -2.29. The van der Waals surface area contributed by atoms with Gasteiger partial charge in [-0.15, -0.1) is 0 Å². The number of carbonyl (C=O) groups is 4. The van der Waals surface area contributed by atoms with Crippen molar-refractivity contribution in [3.05, 3.63) is 29.3 Å². The molecule has 2 heterocycles. The summed E-state index contributed by atoms with van der Waals surface area (Å²) in [4.78, 5) is 50.3. The molecule has 28 heavy (non-hydrogen) atoms. The number of fused-ring (bicyclic) bond motifs is 1. The van der Waals surface area contributed by atoms with Crippen molar-refractivity contribution in [1.29, 1.82) is 0 Å². The fourth-order valence-electron chi connectivity index (χ4n) is 4.40. The van der Waals surface area contributed by atoms with Gasteiger partial charge in [0.15, 0.2) is 0 Å². The van der Waals surface area contributed by atoms with Gasteiger partial charge in [0.1, 0.15) is 12.1 Å². The van der Waals surface area contributed by atoms with Crippen LogP contribution in [0.2, 0.25) is 0 Å². The van der Waals surface area contributed by atoms with Gasteiger partial charge in [-0.1, -0.05) is 18.9 Å². The number of nitrogens with one attached hydrogen (secondary N) is 2. The normalized spacial score (nSPS) is 23.5. The van der Waals surface area contributed by atoms with Gasteiger partial charge in [0.25, 0.3) is 11.8 Å². The SMILES string of the molecule is O=C1CCC(N2Cc3c(NC(=O)[C@@H](O)C4CCCC4)cccc3C2=O)C(=O)N1. The van der Waals surface area contributed by atoms with Crippen LogP contribution in [0.1, 0.15) is 54.4 Å². The summed E-state index contributed by atoms with van der Waals surface area (Å²) in [6, 6.07) is 4.32. The van der Waals surface area contributed by atoms with E-state index >= 15 is 0 Å². The standard InChI is InChI=1S/C20H23N3O5/c24-16-9-8-15(18(26)22-16)23-10-13-12(20(23)28)6-3-7-14(13)21-19(27)17(25)11-4-1-2-5-11/h3,6-7,11,15,17,25H,1-2,4-5,8-10H2,(H,21,27)(H,22,24,26)/t15?,17-/m0/s1. The van der Waals surface area contributed by atoms with Crippen molar-refractivity contribution in [3.8, 4) is 0 Å². The van der Waals surface area contributed by atoms with Gasteiger partial charge < -0.3 is 15.3 Å². The number of imide groups is 1. The number of hydrogen-bond donors (Lipinski definition) is 3. The molecule has 0 bridgehead atoms. The zero-order valence-corrected chi connectivity index (χ0v) is 15.4. The first-order valence-electron chi connectivity index (χ1n) is 9.71. The first-order chi connectivity index (χ1) is 13.5. The Hall–Kier alpha value is -2.74. The van der Waals surface area contributed by atoms with Crippen molar-refractivity contribution in [3.63, 3.8) is 0 Å². The van der Waals surface area contributed by atoms with Crippen LogP contribution in [0, 0.1) is 5.92 Å². The van der Waals surface area contributed by atoms with Crippen LogP contribution in [0.4, 0.5) is 5.69 Å². The number of rotatable bonds is 4. The van der Waals surface area contributed by atoms with Crippen molar-refractivity contribution in [2.75, 3.05) is 5.32 Å². The maximum absolute atomic E-state index is 12.8. The zero-order valence-electron chi connectivity index (χ0n) is 15.4. The van der Waals surface area contributed by atoms with Gasteiger partial charge in [0.05, 0.1) is 0 Å². The number of anilines is 1. The van der Waals surface area contributed by atoms with E-state index in [-0.39, 0.29) is 37.1 Å². The average molecular weight is 385 g/mol. The summed E-state index contributed by atoms with van der Waals surface area (Å²) in [6.07, 6.45) is 3.12. The van der Waals surface area contributed by atoms with E-state index in [1.165, 1.54) is 4.90 Å². The Morgan fingerprint density at radius 1 is 1.18 bits per heavy atom. The molecule has 3 N–H and O–H groups in total. The summed E-state index contributed by atoms with van der Waals surface area (Å²) >= 11 is 0. The van der Waals surface area contributed by atoms with Gasteiger partial charge in [0, 0.05) is 29.8 Å². The topological polar surface area (TPSA) is 116 Å². The molecule has 1 aliphatic carbocycles. The lowest BCUT2D eigenvalue weighted by Crippen LogP contribution is -2.52. The van der Waals surface area contributed by atoms with E-state index < -0.39 is 24.0 Å². The molecule has 1 aromatic rings. The monoisotopic (exact) mass is 385 g/mol. The summed E-state index contributed by atoms with van der Waals surface area (Å²) in [5.41, 5.74) is 1.53.